The van der Waals surface area contributed by atoms with Gasteiger partial charge < -0.3 is 29.3 Å². The Morgan fingerprint density at radius 3 is 1.80 bits per heavy atom. The molecule has 5 atom stereocenters. The Bertz CT molecular complexity index is 1230. The summed E-state index contributed by atoms with van der Waals surface area (Å²) in [6.07, 6.45) is 42.1. The lowest BCUT2D eigenvalue weighted by atomic mass is 10.1. The van der Waals surface area contributed by atoms with Gasteiger partial charge in [-0.15, -0.1) is 0 Å². The van der Waals surface area contributed by atoms with Gasteiger partial charge in [0.1, 0.15) is 12.7 Å². The van der Waals surface area contributed by atoms with E-state index in [-0.39, 0.29) is 19.4 Å². The molecule has 3 unspecified atom stereocenters. The Labute approximate surface area is 337 Å². The molecule has 0 aromatic carbocycles. The normalized spacial score (nSPS) is 18.2. The third-order valence-electron chi connectivity index (χ3n) is 8.76. The van der Waals surface area contributed by atoms with Gasteiger partial charge in [-0.2, -0.15) is 0 Å². The maximum absolute atomic E-state index is 12.6. The third kappa shape index (κ3) is 32.5. The predicted octanol–water partition coefficient (Wildman–Crippen LogP) is 9.87. The molecule has 1 rings (SSSR count). The highest BCUT2D eigenvalue weighted by Gasteiger charge is 2.36. The lowest BCUT2D eigenvalue weighted by molar-refractivity contribution is -0.161. The first-order valence-corrected chi connectivity index (χ1v) is 22.5. The van der Waals surface area contributed by atoms with Crippen LogP contribution in [0.1, 0.15) is 142 Å². The Hall–Kier alpha value is -2.63. The van der Waals surface area contributed by atoms with E-state index in [9.17, 15) is 24.2 Å². The van der Waals surface area contributed by atoms with Crippen LogP contribution in [0.4, 0.5) is 0 Å². The number of hydrogen-bond donors (Lipinski definition) is 3. The van der Waals surface area contributed by atoms with Crippen molar-refractivity contribution in [1.29, 1.82) is 0 Å². The van der Waals surface area contributed by atoms with E-state index in [0.717, 1.165) is 77.0 Å². The first kappa shape index (κ1) is 51.4. The molecule has 320 valence electrons. The van der Waals surface area contributed by atoms with Crippen LogP contribution in [0.25, 0.3) is 0 Å². The summed E-state index contributed by atoms with van der Waals surface area (Å²) < 4.78 is 38.2. The zero-order valence-corrected chi connectivity index (χ0v) is 35.2. The van der Waals surface area contributed by atoms with Gasteiger partial charge in [0, 0.05) is 12.8 Å². The molecule has 1 saturated heterocycles. The van der Waals surface area contributed by atoms with Crippen molar-refractivity contribution in [2.45, 2.75) is 167 Å². The van der Waals surface area contributed by atoms with E-state index in [1.54, 1.807) is 0 Å². The topological polar surface area (TPSA) is 161 Å². The SMILES string of the molecule is CC/C=C\CC1OC1C/C=C\C/C=C\C/C=C\C/C=C\CCC(=O)OC[C@H](COP(=O)(O)OC[C@@H](O)CO)OC(=O)CCCCCCC/C=C\CCCCCC. The molecule has 1 heterocycles. The second kappa shape index (κ2) is 35.5. The number of allylic oxidation sites excluding steroid dienone is 10. The minimum atomic E-state index is -4.64. The van der Waals surface area contributed by atoms with Crippen molar-refractivity contribution in [3.05, 3.63) is 72.9 Å². The highest BCUT2D eigenvalue weighted by atomic mass is 31.2. The highest BCUT2D eigenvalue weighted by molar-refractivity contribution is 7.47. The standard InChI is InChI=1S/C44H73O11P/c1-3-5-7-8-9-10-11-12-17-20-23-26-30-34-44(48)54-40(38-53-56(49,50)52-36-39(46)35-45)37-51-43(47)33-29-25-22-19-16-14-13-15-18-21-24-28-32-42-41(55-42)31-27-6-4-2/h6,10-11,14-16,18,22,24-25,27-28,39-42,45-46H,3-5,7-9,12-13,17,19-21,23,26,29-38H2,1-2H3,(H,49,50)/b11-10-,16-14-,18-15-,25-22-,27-6-,28-24-/t39-,40+,41?,42?/m0/s1. The van der Waals surface area contributed by atoms with Crippen molar-refractivity contribution in [3.63, 3.8) is 0 Å². The van der Waals surface area contributed by atoms with E-state index in [2.05, 4.69) is 79.1 Å². The molecule has 1 fully saturated rings. The van der Waals surface area contributed by atoms with Crippen LogP contribution in [0.5, 0.6) is 0 Å². The number of esters is 2. The van der Waals surface area contributed by atoms with Gasteiger partial charge in [-0.3, -0.25) is 18.6 Å². The molecule has 11 nitrogen and oxygen atoms in total. The van der Waals surface area contributed by atoms with Gasteiger partial charge in [-0.05, 0) is 77.0 Å². The van der Waals surface area contributed by atoms with E-state index in [1.807, 2.05) is 12.2 Å². The molecule has 0 radical (unpaired) electrons. The molecule has 56 heavy (non-hydrogen) atoms. The monoisotopic (exact) mass is 808 g/mol. The van der Waals surface area contributed by atoms with Gasteiger partial charge in [0.25, 0.3) is 0 Å². The molecule has 12 heteroatoms. The summed E-state index contributed by atoms with van der Waals surface area (Å²) >= 11 is 0. The molecule has 0 aromatic heterocycles. The molecule has 0 saturated carbocycles. The molecule has 0 aromatic rings. The number of phosphoric ester groups is 1. The zero-order chi connectivity index (χ0) is 41.0. The van der Waals surface area contributed by atoms with Crippen LogP contribution < -0.4 is 0 Å². The van der Waals surface area contributed by atoms with Crippen LogP contribution in [0.15, 0.2) is 72.9 Å². The van der Waals surface area contributed by atoms with E-state index in [1.165, 1.54) is 25.7 Å². The van der Waals surface area contributed by atoms with Crippen molar-refractivity contribution in [2.75, 3.05) is 26.4 Å². The second-order valence-corrected chi connectivity index (χ2v) is 15.5. The second-order valence-electron chi connectivity index (χ2n) is 14.0. The van der Waals surface area contributed by atoms with Crippen LogP contribution in [-0.4, -0.2) is 77.9 Å². The van der Waals surface area contributed by atoms with Crippen molar-refractivity contribution in [3.8, 4) is 0 Å². The maximum Gasteiger partial charge on any atom is 0.472 e. The van der Waals surface area contributed by atoms with Gasteiger partial charge in [0.15, 0.2) is 6.10 Å². The Kier molecular flexibility index (Phi) is 32.6. The smallest absolute Gasteiger partial charge is 0.462 e. The van der Waals surface area contributed by atoms with E-state index in [0.29, 0.717) is 25.0 Å². The van der Waals surface area contributed by atoms with Crippen molar-refractivity contribution in [2.24, 2.45) is 0 Å². The number of aliphatic hydroxyl groups is 2. The molecular weight excluding hydrogens is 735 g/mol. The molecule has 1 aliphatic rings. The Balaban J connectivity index is 2.31. The van der Waals surface area contributed by atoms with Crippen molar-refractivity contribution in [1.82, 2.24) is 0 Å². The summed E-state index contributed by atoms with van der Waals surface area (Å²) in [6, 6.07) is 0. The van der Waals surface area contributed by atoms with Gasteiger partial charge >= 0.3 is 19.8 Å². The summed E-state index contributed by atoms with van der Waals surface area (Å²) in [5.74, 6) is -1.04. The fourth-order valence-corrected chi connectivity index (χ4v) is 6.20. The van der Waals surface area contributed by atoms with Gasteiger partial charge in [-0.1, -0.05) is 125 Å². The minimum Gasteiger partial charge on any atom is -0.462 e. The summed E-state index contributed by atoms with van der Waals surface area (Å²) in [5.41, 5.74) is 0. The molecule has 3 N–H and O–H groups in total. The van der Waals surface area contributed by atoms with E-state index in [4.69, 9.17) is 23.8 Å². The largest absolute Gasteiger partial charge is 0.472 e. The predicted molar refractivity (Wildman–Crippen MR) is 223 cm³/mol. The average molecular weight is 809 g/mol. The molecule has 0 aliphatic carbocycles. The number of ether oxygens (including phenoxy) is 3. The number of aliphatic hydroxyl groups excluding tert-OH is 2. The van der Waals surface area contributed by atoms with Crippen LogP contribution in [0.3, 0.4) is 0 Å². The van der Waals surface area contributed by atoms with Crippen LogP contribution >= 0.6 is 7.82 Å². The number of carbonyl (C=O) groups excluding carboxylic acids is 2. The Morgan fingerprint density at radius 1 is 0.643 bits per heavy atom. The lowest BCUT2D eigenvalue weighted by Crippen LogP contribution is -2.29. The fraction of sp³-hybridized carbons (Fsp3) is 0.682. The van der Waals surface area contributed by atoms with Crippen LogP contribution in [0.2, 0.25) is 0 Å². The number of rotatable bonds is 37. The van der Waals surface area contributed by atoms with Gasteiger partial charge in [0.2, 0.25) is 0 Å². The molecular formula is C44H73O11P. The summed E-state index contributed by atoms with van der Waals surface area (Å²) in [5, 5.41) is 18.3. The summed E-state index contributed by atoms with van der Waals surface area (Å²) in [4.78, 5) is 34.9. The fourth-order valence-electron chi connectivity index (χ4n) is 5.41. The first-order chi connectivity index (χ1) is 27.2. The first-order valence-electron chi connectivity index (χ1n) is 21.0. The number of epoxide rings is 1. The van der Waals surface area contributed by atoms with Gasteiger partial charge in [0.05, 0.1) is 32.0 Å². The Morgan fingerprint density at radius 2 is 1.18 bits per heavy atom. The van der Waals surface area contributed by atoms with Crippen molar-refractivity contribution < 1.29 is 52.5 Å². The zero-order valence-electron chi connectivity index (χ0n) is 34.3. The molecule has 0 spiro atoms. The highest BCUT2D eigenvalue weighted by Crippen LogP contribution is 2.43. The van der Waals surface area contributed by atoms with Crippen LogP contribution in [-0.2, 0) is 37.4 Å². The molecule has 1 aliphatic heterocycles. The number of carbonyl (C=O) groups is 2. The van der Waals surface area contributed by atoms with E-state index < -0.39 is 51.8 Å². The lowest BCUT2D eigenvalue weighted by Gasteiger charge is -2.20. The quantitative estimate of drug-likeness (QED) is 0.0180. The van der Waals surface area contributed by atoms with Crippen molar-refractivity contribution >= 4 is 19.8 Å². The maximum atomic E-state index is 12.6. The number of unbranched alkanes of at least 4 members (excludes halogenated alkanes) is 9. The summed E-state index contributed by atoms with van der Waals surface area (Å²) in [7, 11) is -4.64. The molecule has 0 amide bonds. The molecule has 0 bridgehead atoms. The van der Waals surface area contributed by atoms with E-state index >= 15 is 0 Å². The minimum absolute atomic E-state index is 0.108. The van der Waals surface area contributed by atoms with Gasteiger partial charge in [-0.25, -0.2) is 4.57 Å². The third-order valence-corrected chi connectivity index (χ3v) is 9.71. The number of phosphoric acid groups is 1. The summed E-state index contributed by atoms with van der Waals surface area (Å²) in [6.45, 7) is 2.12. The number of hydrogen-bond acceptors (Lipinski definition) is 10. The van der Waals surface area contributed by atoms with Crippen LogP contribution in [0, 0.1) is 0 Å². The average Bonchev–Trinajstić information content (AvgIpc) is 3.94.